The number of amides is 1. The van der Waals surface area contributed by atoms with Gasteiger partial charge in [0.2, 0.25) is 0 Å². The third-order valence-corrected chi connectivity index (χ3v) is 4.36. The van der Waals surface area contributed by atoms with Crippen molar-refractivity contribution in [3.63, 3.8) is 0 Å². The summed E-state index contributed by atoms with van der Waals surface area (Å²) in [5.74, 6) is -0.551. The molecule has 6 heteroatoms. The van der Waals surface area contributed by atoms with E-state index in [2.05, 4.69) is 16.7 Å². The second-order valence-electron chi connectivity index (χ2n) is 4.57. The van der Waals surface area contributed by atoms with Gasteiger partial charge in [-0.05, 0) is 37.4 Å². The fourth-order valence-electron chi connectivity index (χ4n) is 2.21. The van der Waals surface area contributed by atoms with Crippen LogP contribution in [0.1, 0.15) is 15.9 Å². The summed E-state index contributed by atoms with van der Waals surface area (Å²) in [5, 5.41) is 0. The number of hydrogen-bond acceptors (Lipinski definition) is 4. The molecule has 0 aliphatic heterocycles. The van der Waals surface area contributed by atoms with Crippen molar-refractivity contribution in [3.05, 3.63) is 47.7 Å². The fourth-order valence-corrected chi connectivity index (χ4v) is 3.45. The van der Waals surface area contributed by atoms with Crippen LogP contribution >= 0.6 is 0 Å². The van der Waals surface area contributed by atoms with Crippen LogP contribution in [0.3, 0.4) is 0 Å². The molecule has 0 aliphatic rings. The largest absolute Gasteiger partial charge is 0.276 e. The molecule has 0 fully saturated rings. The van der Waals surface area contributed by atoms with Crippen LogP contribution in [-0.4, -0.2) is 32.3 Å². The average Bonchev–Trinajstić information content (AvgIpc) is 2.45. The topological polar surface area (TPSA) is 76.5 Å². The molecule has 1 aromatic heterocycles. The first-order valence-electron chi connectivity index (χ1n) is 6.12. The molecule has 0 bridgehead atoms. The molecule has 0 radical (unpaired) electrons. The Bertz CT molecular complexity index is 812. The van der Waals surface area contributed by atoms with E-state index in [0.29, 0.717) is 16.8 Å². The van der Waals surface area contributed by atoms with Crippen LogP contribution in [-0.2, 0) is 9.84 Å². The van der Waals surface area contributed by atoms with Gasteiger partial charge in [-0.2, -0.15) is 0 Å². The summed E-state index contributed by atoms with van der Waals surface area (Å²) in [6.07, 6.45) is 2.69. The molecule has 1 aromatic carbocycles. The van der Waals surface area contributed by atoms with Gasteiger partial charge in [0.1, 0.15) is 0 Å². The third-order valence-electron chi connectivity index (χ3n) is 3.09. The molecule has 2 rings (SSSR count). The van der Waals surface area contributed by atoms with Gasteiger partial charge in [0.25, 0.3) is 5.91 Å². The number of aromatic nitrogens is 1. The minimum atomic E-state index is -3.53. The summed E-state index contributed by atoms with van der Waals surface area (Å²) in [6, 6.07) is 8.36. The van der Waals surface area contributed by atoms with Crippen LogP contribution in [0.5, 0.6) is 0 Å². The Balaban J connectivity index is 2.83. The van der Waals surface area contributed by atoms with Gasteiger partial charge in [-0.15, -0.1) is 0 Å². The molecule has 21 heavy (non-hydrogen) atoms. The van der Waals surface area contributed by atoms with Crippen LogP contribution < -0.4 is 0 Å². The molecular weight excluding hydrogens is 288 g/mol. The number of hydrogen-bond donors (Lipinski definition) is 0. The van der Waals surface area contributed by atoms with Gasteiger partial charge in [-0.3, -0.25) is 9.78 Å². The quantitative estimate of drug-likeness (QED) is 0.815. The third kappa shape index (κ3) is 2.90. The Labute approximate surface area is 123 Å². The number of benzene rings is 1. The highest BCUT2D eigenvalue weighted by Gasteiger charge is 2.22. The zero-order chi connectivity index (χ0) is 15.6. The minimum absolute atomic E-state index is 0.0932. The molecule has 0 saturated heterocycles. The van der Waals surface area contributed by atoms with E-state index in [0.717, 1.165) is 6.26 Å². The second-order valence-corrected chi connectivity index (χ2v) is 6.52. The predicted molar refractivity (Wildman–Crippen MR) is 81.4 cm³/mol. The number of carbonyl (C=O) groups excluding carboxylic acids is 1. The van der Waals surface area contributed by atoms with Crippen molar-refractivity contribution in [1.82, 2.24) is 4.98 Å². The highest BCUT2D eigenvalue weighted by molar-refractivity contribution is 7.91. The van der Waals surface area contributed by atoms with Gasteiger partial charge in [-0.25, -0.2) is 13.4 Å². The van der Waals surface area contributed by atoms with Crippen molar-refractivity contribution in [2.75, 3.05) is 6.26 Å². The zero-order valence-corrected chi connectivity index (χ0v) is 12.5. The van der Waals surface area contributed by atoms with Crippen molar-refractivity contribution in [2.24, 2.45) is 4.99 Å². The smallest absolute Gasteiger partial charge is 0.267 e. The first-order valence-corrected chi connectivity index (χ1v) is 8.01. The maximum absolute atomic E-state index is 12.1. The van der Waals surface area contributed by atoms with Crippen LogP contribution in [0.4, 0.5) is 0 Å². The lowest BCUT2D eigenvalue weighted by molar-refractivity contribution is 0.100. The van der Waals surface area contributed by atoms with E-state index in [1.807, 2.05) is 0 Å². The summed E-state index contributed by atoms with van der Waals surface area (Å²) in [5.41, 5.74) is 1.59. The molecule has 0 saturated carbocycles. The highest BCUT2D eigenvalue weighted by atomic mass is 32.2. The van der Waals surface area contributed by atoms with Crippen molar-refractivity contribution in [3.8, 4) is 11.3 Å². The fraction of sp³-hybridized carbons (Fsp3) is 0.133. The molecule has 0 atom stereocenters. The van der Waals surface area contributed by atoms with E-state index in [1.165, 1.54) is 0 Å². The van der Waals surface area contributed by atoms with Gasteiger partial charge in [0.05, 0.1) is 10.6 Å². The minimum Gasteiger partial charge on any atom is -0.267 e. The molecular formula is C15H14N2O3S. The Morgan fingerprint density at radius 3 is 2.48 bits per heavy atom. The zero-order valence-electron chi connectivity index (χ0n) is 11.7. The SMILES string of the molecule is C=NC(=O)c1ccc(-c2ccccn2)c(S(C)(=O)=O)c1C. The maximum Gasteiger partial charge on any atom is 0.276 e. The predicted octanol–water partition coefficient (Wildman–Crippen LogP) is 2.30. The van der Waals surface area contributed by atoms with E-state index in [1.54, 1.807) is 43.5 Å². The van der Waals surface area contributed by atoms with Gasteiger partial charge in [0.15, 0.2) is 9.84 Å². The van der Waals surface area contributed by atoms with Crippen LogP contribution in [0.15, 0.2) is 46.4 Å². The summed E-state index contributed by atoms with van der Waals surface area (Å²) < 4.78 is 24.3. The van der Waals surface area contributed by atoms with Crippen molar-refractivity contribution in [2.45, 2.75) is 11.8 Å². The molecule has 1 heterocycles. The first kappa shape index (κ1) is 15.1. The Morgan fingerprint density at radius 2 is 1.95 bits per heavy atom. The molecule has 5 nitrogen and oxygen atoms in total. The Kier molecular flexibility index (Phi) is 3.99. The first-order chi connectivity index (χ1) is 9.86. The molecule has 1 amide bonds. The molecule has 0 unspecified atom stereocenters. The standard InChI is InChI=1S/C15H14N2O3S/c1-10-11(15(18)16-2)7-8-12(14(10)21(3,19)20)13-6-4-5-9-17-13/h4-9H,2H2,1,3H3. The van der Waals surface area contributed by atoms with Crippen LogP contribution in [0.2, 0.25) is 0 Å². The number of nitrogens with zero attached hydrogens (tertiary/aromatic N) is 2. The summed E-state index contributed by atoms with van der Waals surface area (Å²) >= 11 is 0. The van der Waals surface area contributed by atoms with Crippen molar-refractivity contribution >= 4 is 22.5 Å². The van der Waals surface area contributed by atoms with Gasteiger partial charge < -0.3 is 0 Å². The Hall–Kier alpha value is -2.34. The van der Waals surface area contributed by atoms with Crippen molar-refractivity contribution < 1.29 is 13.2 Å². The lowest BCUT2D eigenvalue weighted by Gasteiger charge is -2.13. The number of pyridine rings is 1. The molecule has 0 spiro atoms. The van der Waals surface area contributed by atoms with Crippen molar-refractivity contribution in [1.29, 1.82) is 0 Å². The number of rotatable bonds is 3. The molecule has 0 aliphatic carbocycles. The van der Waals surface area contributed by atoms with Gasteiger partial charge in [0, 0.05) is 23.6 Å². The maximum atomic E-state index is 12.1. The van der Waals surface area contributed by atoms with Crippen LogP contribution in [0.25, 0.3) is 11.3 Å². The van der Waals surface area contributed by atoms with Crippen LogP contribution in [0, 0.1) is 6.92 Å². The van der Waals surface area contributed by atoms with E-state index in [-0.39, 0.29) is 10.5 Å². The number of aliphatic imine (C=N–C) groups is 1. The molecule has 108 valence electrons. The molecule has 2 aromatic rings. The summed E-state index contributed by atoms with van der Waals surface area (Å²) in [6.45, 7) is 4.77. The van der Waals surface area contributed by atoms with Gasteiger partial charge in [-0.1, -0.05) is 12.1 Å². The number of carbonyl (C=O) groups is 1. The van der Waals surface area contributed by atoms with E-state index >= 15 is 0 Å². The number of sulfone groups is 1. The normalized spacial score (nSPS) is 11.1. The summed E-state index contributed by atoms with van der Waals surface area (Å²) in [4.78, 5) is 19.3. The van der Waals surface area contributed by atoms with E-state index in [9.17, 15) is 13.2 Å². The lowest BCUT2D eigenvalue weighted by atomic mass is 10.0. The lowest BCUT2D eigenvalue weighted by Crippen LogP contribution is -2.08. The average molecular weight is 302 g/mol. The van der Waals surface area contributed by atoms with E-state index in [4.69, 9.17) is 0 Å². The molecule has 0 N–H and O–H groups in total. The summed E-state index contributed by atoms with van der Waals surface area (Å²) in [7, 11) is -3.53. The monoisotopic (exact) mass is 302 g/mol. The van der Waals surface area contributed by atoms with Gasteiger partial charge >= 0.3 is 0 Å². The van der Waals surface area contributed by atoms with E-state index < -0.39 is 15.7 Å². The second kappa shape index (κ2) is 5.57. The Morgan fingerprint density at radius 1 is 1.24 bits per heavy atom. The highest BCUT2D eigenvalue weighted by Crippen LogP contribution is 2.31.